The molecule has 0 aliphatic heterocycles. The molecule has 0 aromatic carbocycles. The van der Waals surface area contributed by atoms with Crippen LogP contribution in [-0.4, -0.2) is 17.6 Å². The van der Waals surface area contributed by atoms with E-state index in [1.807, 2.05) is 0 Å². The number of aliphatic hydroxyl groups is 1. The zero-order chi connectivity index (χ0) is 9.12. The number of hydrogen-bond donors (Lipinski definition) is 1. The molecule has 0 heterocycles. The van der Waals surface area contributed by atoms with Gasteiger partial charge in [-0.3, -0.25) is 0 Å². The fourth-order valence-electron chi connectivity index (χ4n) is 0.740. The summed E-state index contributed by atoms with van der Waals surface area (Å²) in [6.07, 6.45) is 0.795. The van der Waals surface area contributed by atoms with E-state index in [1.165, 1.54) is 13.8 Å². The van der Waals surface area contributed by atoms with Gasteiger partial charge in [0.05, 0.1) is 0 Å². The third-order valence-corrected chi connectivity index (χ3v) is 2.15. The zero-order valence-electron chi connectivity index (χ0n) is 7.32. The van der Waals surface area contributed by atoms with Crippen LogP contribution in [0.15, 0.2) is 0 Å². The number of hydrogen-bond acceptors (Lipinski definition) is 1. The van der Waals surface area contributed by atoms with Crippen molar-refractivity contribution < 1.29 is 13.9 Å². The highest BCUT2D eigenvalue weighted by molar-refractivity contribution is 4.80. The summed E-state index contributed by atoms with van der Waals surface area (Å²) in [5, 5.41) is 8.45. The van der Waals surface area contributed by atoms with E-state index in [2.05, 4.69) is 0 Å². The molecule has 3 heteroatoms. The molecular formula is C8H16F2O. The summed E-state index contributed by atoms with van der Waals surface area (Å²) >= 11 is 0. The molecule has 68 valence electrons. The highest BCUT2D eigenvalue weighted by Gasteiger charge is 2.40. The van der Waals surface area contributed by atoms with Crippen LogP contribution in [0.2, 0.25) is 0 Å². The van der Waals surface area contributed by atoms with E-state index in [0.717, 1.165) is 6.92 Å². The maximum absolute atomic E-state index is 12.7. The molecule has 0 aromatic heterocycles. The minimum absolute atomic E-state index is 0.0144. The first-order valence-corrected chi connectivity index (χ1v) is 3.80. The van der Waals surface area contributed by atoms with Crippen molar-refractivity contribution in [1.82, 2.24) is 0 Å². The first kappa shape index (κ1) is 10.8. The highest BCUT2D eigenvalue weighted by atomic mass is 19.3. The molecule has 0 aliphatic carbocycles. The Labute approximate surface area is 66.4 Å². The number of aliphatic hydroxyl groups excluding tert-OH is 1. The van der Waals surface area contributed by atoms with E-state index in [-0.39, 0.29) is 6.61 Å². The van der Waals surface area contributed by atoms with Crippen molar-refractivity contribution in [2.45, 2.75) is 39.5 Å². The second-order valence-electron chi connectivity index (χ2n) is 3.60. The predicted molar refractivity (Wildman–Crippen MR) is 40.7 cm³/mol. The SMILES string of the molecule is CC(F)(F)C(C)(C)CCCO. The van der Waals surface area contributed by atoms with Crippen molar-refractivity contribution in [3.8, 4) is 0 Å². The number of alkyl halides is 2. The summed E-state index contributed by atoms with van der Waals surface area (Å²) in [6, 6.07) is 0. The van der Waals surface area contributed by atoms with Gasteiger partial charge < -0.3 is 5.11 Å². The van der Waals surface area contributed by atoms with Crippen molar-refractivity contribution in [2.75, 3.05) is 6.61 Å². The topological polar surface area (TPSA) is 20.2 Å². The van der Waals surface area contributed by atoms with E-state index in [1.54, 1.807) is 0 Å². The van der Waals surface area contributed by atoms with Crippen LogP contribution in [0.5, 0.6) is 0 Å². The average Bonchev–Trinajstić information content (AvgIpc) is 1.81. The Hall–Kier alpha value is -0.180. The molecule has 11 heavy (non-hydrogen) atoms. The van der Waals surface area contributed by atoms with E-state index < -0.39 is 11.3 Å². The van der Waals surface area contributed by atoms with Gasteiger partial charge in [0.1, 0.15) is 0 Å². The largest absolute Gasteiger partial charge is 0.396 e. The van der Waals surface area contributed by atoms with Crippen LogP contribution in [0.1, 0.15) is 33.6 Å². The molecule has 1 N–H and O–H groups in total. The summed E-state index contributed by atoms with van der Waals surface area (Å²) < 4.78 is 25.5. The summed E-state index contributed by atoms with van der Waals surface area (Å²) in [5.74, 6) is -2.66. The van der Waals surface area contributed by atoms with Crippen molar-refractivity contribution in [2.24, 2.45) is 5.41 Å². The molecule has 0 rings (SSSR count). The lowest BCUT2D eigenvalue weighted by Gasteiger charge is -2.31. The molecule has 0 amide bonds. The van der Waals surface area contributed by atoms with Gasteiger partial charge in [0.2, 0.25) is 5.92 Å². The van der Waals surface area contributed by atoms with Crippen molar-refractivity contribution in [1.29, 1.82) is 0 Å². The van der Waals surface area contributed by atoms with Crippen LogP contribution in [0.25, 0.3) is 0 Å². The second-order valence-corrected chi connectivity index (χ2v) is 3.60. The monoisotopic (exact) mass is 166 g/mol. The van der Waals surface area contributed by atoms with Gasteiger partial charge in [-0.05, 0) is 19.8 Å². The van der Waals surface area contributed by atoms with Crippen molar-refractivity contribution in [3.63, 3.8) is 0 Å². The fourth-order valence-corrected chi connectivity index (χ4v) is 0.740. The molecule has 0 bridgehead atoms. The molecule has 1 nitrogen and oxygen atoms in total. The van der Waals surface area contributed by atoms with E-state index >= 15 is 0 Å². The molecule has 0 saturated heterocycles. The van der Waals surface area contributed by atoms with Gasteiger partial charge in [-0.1, -0.05) is 13.8 Å². The van der Waals surface area contributed by atoms with Crippen molar-refractivity contribution >= 4 is 0 Å². The molecule has 0 aliphatic rings. The van der Waals surface area contributed by atoms with Crippen LogP contribution in [0, 0.1) is 5.41 Å². The molecule has 0 radical (unpaired) electrons. The van der Waals surface area contributed by atoms with Crippen LogP contribution in [-0.2, 0) is 0 Å². The van der Waals surface area contributed by atoms with Crippen LogP contribution in [0.3, 0.4) is 0 Å². The molecule has 0 atom stereocenters. The Morgan fingerprint density at radius 1 is 1.18 bits per heavy atom. The maximum Gasteiger partial charge on any atom is 0.250 e. The van der Waals surface area contributed by atoms with Gasteiger partial charge in [-0.2, -0.15) is 0 Å². The van der Waals surface area contributed by atoms with Gasteiger partial charge in [0, 0.05) is 12.0 Å². The van der Waals surface area contributed by atoms with Crippen LogP contribution in [0.4, 0.5) is 8.78 Å². The molecule has 0 unspecified atom stereocenters. The van der Waals surface area contributed by atoms with Gasteiger partial charge in [0.25, 0.3) is 0 Å². The lowest BCUT2D eigenvalue weighted by atomic mass is 9.82. The Morgan fingerprint density at radius 3 is 1.91 bits per heavy atom. The molecule has 0 spiro atoms. The molecule has 0 saturated carbocycles. The second kappa shape index (κ2) is 3.48. The van der Waals surface area contributed by atoms with Crippen LogP contribution < -0.4 is 0 Å². The lowest BCUT2D eigenvalue weighted by molar-refractivity contribution is -0.0938. The van der Waals surface area contributed by atoms with Gasteiger partial charge in [-0.25, -0.2) is 8.78 Å². The predicted octanol–water partition coefficient (Wildman–Crippen LogP) is 2.44. The van der Waals surface area contributed by atoms with Gasteiger partial charge in [-0.15, -0.1) is 0 Å². The Balaban J connectivity index is 4.00. The fraction of sp³-hybridized carbons (Fsp3) is 1.00. The summed E-state index contributed by atoms with van der Waals surface area (Å²) in [7, 11) is 0. The van der Waals surface area contributed by atoms with Crippen molar-refractivity contribution in [3.05, 3.63) is 0 Å². The zero-order valence-corrected chi connectivity index (χ0v) is 7.32. The standard InChI is InChI=1S/C8H16F2O/c1-7(2,5-4-6-11)8(3,9)10/h11H,4-6H2,1-3H3. The summed E-state index contributed by atoms with van der Waals surface area (Å²) in [6.45, 7) is 3.94. The first-order chi connectivity index (χ1) is 4.81. The maximum atomic E-state index is 12.7. The summed E-state index contributed by atoms with van der Waals surface area (Å²) in [4.78, 5) is 0. The Bertz CT molecular complexity index is 116. The number of rotatable bonds is 4. The Morgan fingerprint density at radius 2 is 1.64 bits per heavy atom. The number of halogens is 2. The third-order valence-electron chi connectivity index (χ3n) is 2.15. The average molecular weight is 166 g/mol. The first-order valence-electron chi connectivity index (χ1n) is 3.80. The Kier molecular flexibility index (Phi) is 3.42. The normalized spacial score (nSPS) is 13.6. The quantitative estimate of drug-likeness (QED) is 0.680. The molecule has 0 fully saturated rings. The summed E-state index contributed by atoms with van der Waals surface area (Å²) in [5.41, 5.74) is -1.00. The van der Waals surface area contributed by atoms with E-state index in [4.69, 9.17) is 5.11 Å². The van der Waals surface area contributed by atoms with Crippen LogP contribution >= 0.6 is 0 Å². The minimum Gasteiger partial charge on any atom is -0.396 e. The van der Waals surface area contributed by atoms with Gasteiger partial charge in [0.15, 0.2) is 0 Å². The van der Waals surface area contributed by atoms with Gasteiger partial charge >= 0.3 is 0 Å². The minimum atomic E-state index is -2.66. The van der Waals surface area contributed by atoms with E-state index in [9.17, 15) is 8.78 Å². The molecular weight excluding hydrogens is 150 g/mol. The van der Waals surface area contributed by atoms with E-state index in [0.29, 0.717) is 12.8 Å². The third kappa shape index (κ3) is 3.14. The lowest BCUT2D eigenvalue weighted by Crippen LogP contribution is -2.33. The smallest absolute Gasteiger partial charge is 0.250 e. The highest BCUT2D eigenvalue weighted by Crippen LogP contribution is 2.39. The molecule has 0 aromatic rings.